The molecule has 1 aromatic carbocycles. The monoisotopic (exact) mass is 304 g/mol. The first-order valence-corrected chi connectivity index (χ1v) is 7.34. The number of halogens is 1. The number of hydrogen-bond acceptors (Lipinski definition) is 2. The molecule has 3 heteroatoms. The van der Waals surface area contributed by atoms with Crippen molar-refractivity contribution in [3.8, 4) is 0 Å². The van der Waals surface area contributed by atoms with Crippen molar-refractivity contribution in [2.24, 2.45) is 5.92 Å². The van der Waals surface area contributed by atoms with Gasteiger partial charge in [-0.25, -0.2) is 0 Å². The van der Waals surface area contributed by atoms with Crippen LogP contribution in [-0.4, -0.2) is 11.0 Å². The molecule has 0 amide bonds. The minimum atomic E-state index is 0.598. The zero-order valence-electron chi connectivity index (χ0n) is 10.5. The Morgan fingerprint density at radius 2 is 2.22 bits per heavy atom. The fourth-order valence-electron chi connectivity index (χ4n) is 2.81. The van der Waals surface area contributed by atoms with E-state index in [2.05, 4.69) is 57.4 Å². The number of fused-ring (bicyclic) bond motifs is 1. The maximum Gasteiger partial charge on any atom is 0.0934 e. The Balaban J connectivity index is 1.96. The minimum absolute atomic E-state index is 0.598. The standard InChI is InChI=1S/C15H17BrN2/c1-10-4-2-6-13(10)18-14-7-3-5-11-8-12(16)9-17-15(11)14/h3,5,7-10,13,18H,2,4,6H2,1H3. The lowest BCUT2D eigenvalue weighted by molar-refractivity contribution is 0.557. The van der Waals surface area contributed by atoms with Crippen molar-refractivity contribution in [1.82, 2.24) is 4.98 Å². The van der Waals surface area contributed by atoms with Crippen LogP contribution < -0.4 is 5.32 Å². The Kier molecular flexibility index (Phi) is 3.25. The van der Waals surface area contributed by atoms with Gasteiger partial charge in [-0.3, -0.25) is 4.98 Å². The van der Waals surface area contributed by atoms with Gasteiger partial charge in [0, 0.05) is 22.1 Å². The fourth-order valence-corrected chi connectivity index (χ4v) is 3.16. The minimum Gasteiger partial charge on any atom is -0.380 e. The van der Waals surface area contributed by atoms with Crippen LogP contribution in [0.2, 0.25) is 0 Å². The summed E-state index contributed by atoms with van der Waals surface area (Å²) >= 11 is 3.47. The van der Waals surface area contributed by atoms with Crippen LogP contribution in [0, 0.1) is 5.92 Å². The number of rotatable bonds is 2. The number of benzene rings is 1. The Hall–Kier alpha value is -1.09. The number of aromatic nitrogens is 1. The van der Waals surface area contributed by atoms with Gasteiger partial charge in [0.05, 0.1) is 11.2 Å². The van der Waals surface area contributed by atoms with Crippen molar-refractivity contribution < 1.29 is 0 Å². The second-order valence-corrected chi connectivity index (χ2v) is 6.11. The van der Waals surface area contributed by atoms with E-state index in [1.165, 1.54) is 30.3 Å². The third-order valence-electron chi connectivity index (χ3n) is 3.88. The first kappa shape index (κ1) is 12.0. The lowest BCUT2D eigenvalue weighted by atomic mass is 10.1. The summed E-state index contributed by atoms with van der Waals surface area (Å²) in [7, 11) is 0. The molecule has 18 heavy (non-hydrogen) atoms. The van der Waals surface area contributed by atoms with Crippen LogP contribution in [-0.2, 0) is 0 Å². The molecule has 1 aliphatic rings. The molecule has 0 aliphatic heterocycles. The van der Waals surface area contributed by atoms with Gasteiger partial charge in [0.2, 0.25) is 0 Å². The normalized spacial score (nSPS) is 23.4. The smallest absolute Gasteiger partial charge is 0.0934 e. The number of anilines is 1. The zero-order valence-corrected chi connectivity index (χ0v) is 12.1. The number of para-hydroxylation sites is 1. The van der Waals surface area contributed by atoms with Crippen LogP contribution in [0.4, 0.5) is 5.69 Å². The SMILES string of the molecule is CC1CCCC1Nc1cccc2cc(Br)cnc12. The second kappa shape index (κ2) is 4.88. The Morgan fingerprint density at radius 3 is 3.00 bits per heavy atom. The van der Waals surface area contributed by atoms with Crippen LogP contribution in [0.25, 0.3) is 10.9 Å². The van der Waals surface area contributed by atoms with Gasteiger partial charge in [-0.05, 0) is 46.8 Å². The van der Waals surface area contributed by atoms with Crippen molar-refractivity contribution in [1.29, 1.82) is 0 Å². The molecular formula is C15H17BrN2. The maximum atomic E-state index is 4.54. The highest BCUT2D eigenvalue weighted by molar-refractivity contribution is 9.10. The van der Waals surface area contributed by atoms with Crippen LogP contribution >= 0.6 is 15.9 Å². The predicted octanol–water partition coefficient (Wildman–Crippen LogP) is 4.60. The molecule has 3 rings (SSSR count). The number of pyridine rings is 1. The highest BCUT2D eigenvalue weighted by Crippen LogP contribution is 2.30. The predicted molar refractivity (Wildman–Crippen MR) is 79.9 cm³/mol. The van der Waals surface area contributed by atoms with Crippen molar-refractivity contribution in [2.45, 2.75) is 32.2 Å². The van der Waals surface area contributed by atoms with Gasteiger partial charge in [-0.15, -0.1) is 0 Å². The van der Waals surface area contributed by atoms with E-state index < -0.39 is 0 Å². The number of nitrogens with one attached hydrogen (secondary N) is 1. The molecule has 0 saturated heterocycles. The van der Waals surface area contributed by atoms with E-state index in [0.29, 0.717) is 6.04 Å². The van der Waals surface area contributed by atoms with Crippen LogP contribution in [0.3, 0.4) is 0 Å². The summed E-state index contributed by atoms with van der Waals surface area (Å²) in [5.74, 6) is 0.760. The average Bonchev–Trinajstić information content (AvgIpc) is 2.75. The lowest BCUT2D eigenvalue weighted by Gasteiger charge is -2.19. The lowest BCUT2D eigenvalue weighted by Crippen LogP contribution is -2.21. The molecule has 1 N–H and O–H groups in total. The number of hydrogen-bond donors (Lipinski definition) is 1. The summed E-state index contributed by atoms with van der Waals surface area (Å²) in [4.78, 5) is 4.54. The third-order valence-corrected chi connectivity index (χ3v) is 4.31. The highest BCUT2D eigenvalue weighted by atomic mass is 79.9. The van der Waals surface area contributed by atoms with Crippen LogP contribution in [0.1, 0.15) is 26.2 Å². The van der Waals surface area contributed by atoms with Crippen LogP contribution in [0.5, 0.6) is 0 Å². The molecule has 1 saturated carbocycles. The largest absolute Gasteiger partial charge is 0.380 e. The van der Waals surface area contributed by atoms with E-state index in [9.17, 15) is 0 Å². The van der Waals surface area contributed by atoms with Gasteiger partial charge in [-0.1, -0.05) is 25.5 Å². The Bertz CT molecular complexity index is 567. The Morgan fingerprint density at radius 1 is 1.33 bits per heavy atom. The topological polar surface area (TPSA) is 24.9 Å². The molecule has 2 unspecified atom stereocenters. The van der Waals surface area contributed by atoms with E-state index in [1.54, 1.807) is 0 Å². The average molecular weight is 305 g/mol. The van der Waals surface area contributed by atoms with E-state index in [4.69, 9.17) is 0 Å². The van der Waals surface area contributed by atoms with E-state index in [-0.39, 0.29) is 0 Å². The van der Waals surface area contributed by atoms with Crippen molar-refractivity contribution in [3.63, 3.8) is 0 Å². The second-order valence-electron chi connectivity index (χ2n) is 5.19. The third kappa shape index (κ3) is 2.24. The van der Waals surface area contributed by atoms with Gasteiger partial charge in [-0.2, -0.15) is 0 Å². The first-order chi connectivity index (χ1) is 8.74. The molecule has 0 radical (unpaired) electrons. The molecular weight excluding hydrogens is 288 g/mol. The van der Waals surface area contributed by atoms with Gasteiger partial charge >= 0.3 is 0 Å². The summed E-state index contributed by atoms with van der Waals surface area (Å²) in [6.45, 7) is 2.33. The van der Waals surface area contributed by atoms with Gasteiger partial charge < -0.3 is 5.32 Å². The van der Waals surface area contributed by atoms with E-state index in [1.807, 2.05) is 6.20 Å². The Labute approximate surface area is 116 Å². The highest BCUT2D eigenvalue weighted by Gasteiger charge is 2.23. The summed E-state index contributed by atoms with van der Waals surface area (Å²) in [6.07, 6.45) is 5.81. The maximum absolute atomic E-state index is 4.54. The van der Waals surface area contributed by atoms with Crippen molar-refractivity contribution >= 4 is 32.5 Å². The quantitative estimate of drug-likeness (QED) is 0.877. The molecule has 2 nitrogen and oxygen atoms in total. The van der Waals surface area contributed by atoms with E-state index in [0.717, 1.165) is 15.9 Å². The molecule has 1 aliphatic carbocycles. The zero-order chi connectivity index (χ0) is 12.5. The van der Waals surface area contributed by atoms with Gasteiger partial charge in [0.15, 0.2) is 0 Å². The summed E-state index contributed by atoms with van der Waals surface area (Å²) in [6, 6.07) is 9.05. The van der Waals surface area contributed by atoms with Crippen LogP contribution in [0.15, 0.2) is 34.9 Å². The molecule has 1 fully saturated rings. The van der Waals surface area contributed by atoms with Gasteiger partial charge in [0.25, 0.3) is 0 Å². The fraction of sp³-hybridized carbons (Fsp3) is 0.400. The molecule has 1 aromatic heterocycles. The summed E-state index contributed by atoms with van der Waals surface area (Å²) in [5.41, 5.74) is 2.23. The molecule has 2 atom stereocenters. The van der Waals surface area contributed by atoms with Crippen molar-refractivity contribution in [2.75, 3.05) is 5.32 Å². The summed E-state index contributed by atoms with van der Waals surface area (Å²) < 4.78 is 1.03. The molecule has 1 heterocycles. The molecule has 2 aromatic rings. The first-order valence-electron chi connectivity index (χ1n) is 6.55. The number of nitrogens with zero attached hydrogens (tertiary/aromatic N) is 1. The van der Waals surface area contributed by atoms with Gasteiger partial charge in [0.1, 0.15) is 0 Å². The van der Waals surface area contributed by atoms with Crippen molar-refractivity contribution in [3.05, 3.63) is 34.9 Å². The summed E-state index contributed by atoms with van der Waals surface area (Å²) in [5, 5.41) is 4.86. The van der Waals surface area contributed by atoms with E-state index >= 15 is 0 Å². The molecule has 0 spiro atoms. The molecule has 0 bridgehead atoms. The molecule has 94 valence electrons.